The summed E-state index contributed by atoms with van der Waals surface area (Å²) in [5.41, 5.74) is 1.26. The molecule has 1 N–H and O–H groups in total. The highest BCUT2D eigenvalue weighted by Gasteiger charge is 2.14. The molecule has 3 aromatic rings. The predicted molar refractivity (Wildman–Crippen MR) is 159 cm³/mol. The summed E-state index contributed by atoms with van der Waals surface area (Å²) in [5, 5.41) is 4.35. The van der Waals surface area contributed by atoms with Crippen molar-refractivity contribution in [2.24, 2.45) is 0 Å². The van der Waals surface area contributed by atoms with Crippen molar-refractivity contribution in [1.29, 1.82) is 0 Å². The smallest absolute Gasteiger partial charge is 0.275 e. The molecule has 1 aliphatic rings. The number of hydrogen-bond donors (Lipinski definition) is 1. The van der Waals surface area contributed by atoms with E-state index in [2.05, 4.69) is 10.3 Å². The van der Waals surface area contributed by atoms with Gasteiger partial charge in [0.25, 0.3) is 5.56 Å². The fraction of sp³-hybridized carbons (Fsp3) is 0.400. The molecular formula is C30H36ClN3O3S. The van der Waals surface area contributed by atoms with Crippen LogP contribution in [0.25, 0.3) is 22.0 Å². The van der Waals surface area contributed by atoms with E-state index in [1.807, 2.05) is 61.6 Å². The molecule has 6 nitrogen and oxygen atoms in total. The second kappa shape index (κ2) is 14.3. The molecule has 2 aromatic heterocycles. The fourth-order valence-electron chi connectivity index (χ4n) is 4.58. The van der Waals surface area contributed by atoms with Crippen LogP contribution in [0, 0.1) is 0 Å². The van der Waals surface area contributed by atoms with E-state index in [-0.39, 0.29) is 5.56 Å². The Hall–Kier alpha value is -2.87. The Morgan fingerprint density at radius 2 is 2.08 bits per heavy atom. The first kappa shape index (κ1) is 28.1. The Kier molecular flexibility index (Phi) is 10.6. The summed E-state index contributed by atoms with van der Waals surface area (Å²) in [6.45, 7) is 3.48. The van der Waals surface area contributed by atoms with Crippen molar-refractivity contribution in [3.8, 4) is 17.2 Å². The molecule has 0 saturated heterocycles. The highest BCUT2D eigenvalue weighted by molar-refractivity contribution is 7.19. The summed E-state index contributed by atoms with van der Waals surface area (Å²) >= 11 is 7.52. The molecule has 0 bridgehead atoms. The monoisotopic (exact) mass is 553 g/mol. The summed E-state index contributed by atoms with van der Waals surface area (Å²) in [6.07, 6.45) is 19.5. The number of aromatic nitrogens is 2. The van der Waals surface area contributed by atoms with Crippen LogP contribution in [0.5, 0.6) is 11.5 Å². The van der Waals surface area contributed by atoms with Gasteiger partial charge < -0.3 is 14.8 Å². The summed E-state index contributed by atoms with van der Waals surface area (Å²) in [6, 6.07) is 8.12. The molecule has 0 atom stereocenters. The van der Waals surface area contributed by atoms with Crippen LogP contribution in [-0.4, -0.2) is 35.9 Å². The summed E-state index contributed by atoms with van der Waals surface area (Å²) in [7, 11) is 1.61. The average Bonchev–Trinajstić information content (AvgIpc) is 3.36. The van der Waals surface area contributed by atoms with Crippen LogP contribution in [0.1, 0.15) is 56.7 Å². The molecule has 1 saturated carbocycles. The minimum atomic E-state index is -0.111. The van der Waals surface area contributed by atoms with Crippen molar-refractivity contribution in [3.63, 3.8) is 0 Å². The number of ether oxygens (including phenoxy) is 2. The zero-order valence-corrected chi connectivity index (χ0v) is 23.7. The number of hydrogen-bond acceptors (Lipinski definition) is 6. The number of fused-ring (bicyclic) bond motifs is 1. The van der Waals surface area contributed by atoms with Crippen LogP contribution in [0.15, 0.2) is 64.7 Å². The normalized spacial score (nSPS) is 15.2. The topological polar surface area (TPSA) is 65.4 Å². The van der Waals surface area contributed by atoms with E-state index < -0.39 is 0 Å². The molecule has 8 heteroatoms. The number of thiophene rings is 1. The third kappa shape index (κ3) is 7.59. The van der Waals surface area contributed by atoms with E-state index in [0.717, 1.165) is 17.8 Å². The molecule has 0 unspecified atom stereocenters. The van der Waals surface area contributed by atoms with Crippen molar-refractivity contribution in [2.75, 3.05) is 20.3 Å². The number of nitrogens with zero attached hydrogens (tertiary/aromatic N) is 2. The Balaban J connectivity index is 1.40. The molecule has 38 heavy (non-hydrogen) atoms. The minimum Gasteiger partial charge on any atom is -0.493 e. The van der Waals surface area contributed by atoms with Crippen molar-refractivity contribution in [3.05, 3.63) is 75.2 Å². The molecule has 202 valence electrons. The fourth-order valence-corrected chi connectivity index (χ4v) is 5.77. The number of nitrogens with one attached hydrogen (secondary N) is 1. The van der Waals surface area contributed by atoms with Crippen LogP contribution >= 0.6 is 22.9 Å². The van der Waals surface area contributed by atoms with Gasteiger partial charge in [0, 0.05) is 22.0 Å². The summed E-state index contributed by atoms with van der Waals surface area (Å²) in [4.78, 5) is 18.8. The van der Waals surface area contributed by atoms with Gasteiger partial charge in [0.1, 0.15) is 11.0 Å². The maximum absolute atomic E-state index is 13.3. The van der Waals surface area contributed by atoms with Gasteiger partial charge in [-0.25, -0.2) is 4.98 Å². The lowest BCUT2D eigenvalue weighted by Gasteiger charge is -2.22. The Bertz CT molecular complexity index is 1350. The zero-order chi connectivity index (χ0) is 26.7. The van der Waals surface area contributed by atoms with Gasteiger partial charge in [-0.15, -0.1) is 11.3 Å². The van der Waals surface area contributed by atoms with E-state index >= 15 is 0 Å². The number of benzene rings is 1. The summed E-state index contributed by atoms with van der Waals surface area (Å²) in [5.74, 6) is 1.26. The molecule has 2 heterocycles. The molecule has 1 fully saturated rings. The minimum absolute atomic E-state index is 0.111. The Morgan fingerprint density at radius 1 is 1.24 bits per heavy atom. The molecule has 4 rings (SSSR count). The van der Waals surface area contributed by atoms with Crippen molar-refractivity contribution >= 4 is 39.2 Å². The molecule has 0 aliphatic heterocycles. The molecular weight excluding hydrogens is 518 g/mol. The number of allylic oxidation sites excluding steroid dienone is 5. The van der Waals surface area contributed by atoms with Crippen LogP contribution < -0.4 is 20.3 Å². The number of halogens is 1. The number of rotatable bonds is 12. The SMILES string of the molecule is C/C=C\C(Cl)=CC/C=C/c1cc2ncn(-c3ccc(OCCCNC4CCCCC4)c(OC)c3)c(=O)c2s1. The van der Waals surface area contributed by atoms with Crippen molar-refractivity contribution in [2.45, 2.75) is 57.9 Å². The number of methoxy groups -OCH3 is 1. The van der Waals surface area contributed by atoms with Crippen molar-refractivity contribution < 1.29 is 9.47 Å². The molecule has 0 spiro atoms. The van der Waals surface area contributed by atoms with Crippen LogP contribution in [-0.2, 0) is 0 Å². The van der Waals surface area contributed by atoms with E-state index in [9.17, 15) is 4.79 Å². The maximum atomic E-state index is 13.3. The third-order valence-electron chi connectivity index (χ3n) is 6.56. The molecule has 0 amide bonds. The van der Waals surface area contributed by atoms with Gasteiger partial charge in [0.2, 0.25) is 0 Å². The first-order valence-corrected chi connectivity index (χ1v) is 14.5. The molecule has 0 radical (unpaired) electrons. The van der Waals surface area contributed by atoms with Gasteiger partial charge >= 0.3 is 0 Å². The standard InChI is InChI=1S/C30H36ClN3O3S/c1-3-10-22(31)11-7-8-14-25-20-26-29(38-25)30(35)34(21-33-26)24-15-16-27(28(19-24)36-2)37-18-9-17-32-23-12-5-4-6-13-23/h3,8,10-11,14-16,19-21,23,32H,4-7,9,12-13,17-18H2,1-2H3/b10-3-,14-8+,22-11?. The lowest BCUT2D eigenvalue weighted by Crippen LogP contribution is -2.32. The van der Waals surface area contributed by atoms with Gasteiger partial charge in [0.05, 0.1) is 24.9 Å². The second-order valence-corrected chi connectivity index (χ2v) is 10.9. The van der Waals surface area contributed by atoms with Crippen LogP contribution in [0.4, 0.5) is 0 Å². The van der Waals surface area contributed by atoms with Crippen LogP contribution in [0.3, 0.4) is 0 Å². The first-order chi connectivity index (χ1) is 18.6. The van der Waals surface area contributed by atoms with Gasteiger partial charge in [0.15, 0.2) is 11.5 Å². The highest BCUT2D eigenvalue weighted by atomic mass is 35.5. The lowest BCUT2D eigenvalue weighted by atomic mass is 9.95. The zero-order valence-electron chi connectivity index (χ0n) is 22.1. The quantitative estimate of drug-likeness (QED) is 0.189. The van der Waals surface area contributed by atoms with Gasteiger partial charge in [-0.2, -0.15) is 0 Å². The average molecular weight is 554 g/mol. The second-order valence-electron chi connectivity index (χ2n) is 9.34. The third-order valence-corrected chi connectivity index (χ3v) is 7.91. The van der Waals surface area contributed by atoms with E-state index in [0.29, 0.717) is 51.5 Å². The van der Waals surface area contributed by atoms with E-state index in [1.165, 1.54) is 43.4 Å². The maximum Gasteiger partial charge on any atom is 0.275 e. The lowest BCUT2D eigenvalue weighted by molar-refractivity contribution is 0.280. The Morgan fingerprint density at radius 3 is 2.87 bits per heavy atom. The van der Waals surface area contributed by atoms with Gasteiger partial charge in [-0.1, -0.05) is 49.1 Å². The van der Waals surface area contributed by atoms with E-state index in [1.54, 1.807) is 18.0 Å². The van der Waals surface area contributed by atoms with Gasteiger partial charge in [-0.3, -0.25) is 9.36 Å². The molecule has 1 aromatic carbocycles. The Labute approximate surface area is 233 Å². The van der Waals surface area contributed by atoms with Crippen LogP contribution in [0.2, 0.25) is 0 Å². The first-order valence-electron chi connectivity index (χ1n) is 13.3. The van der Waals surface area contributed by atoms with Gasteiger partial charge in [-0.05, 0) is 69.5 Å². The molecule has 1 aliphatic carbocycles. The predicted octanol–water partition coefficient (Wildman–Crippen LogP) is 7.25. The van der Waals surface area contributed by atoms with Crippen molar-refractivity contribution in [1.82, 2.24) is 14.9 Å². The van der Waals surface area contributed by atoms with E-state index in [4.69, 9.17) is 21.1 Å². The highest BCUT2D eigenvalue weighted by Crippen LogP contribution is 2.30. The summed E-state index contributed by atoms with van der Waals surface area (Å²) < 4.78 is 13.7. The largest absolute Gasteiger partial charge is 0.493 e.